The molecule has 1 unspecified atom stereocenters. The molecule has 100 valence electrons. The van der Waals surface area contributed by atoms with Crippen LogP contribution in [0.2, 0.25) is 0 Å². The van der Waals surface area contributed by atoms with E-state index in [-0.39, 0.29) is 5.91 Å². The Labute approximate surface area is 117 Å². The first-order valence-electron chi connectivity index (χ1n) is 5.97. The third-order valence-electron chi connectivity index (χ3n) is 3.26. The summed E-state index contributed by atoms with van der Waals surface area (Å²) in [6.07, 6.45) is 2.15. The SMILES string of the molecule is CC(C)Cn1nccc1NC(=O)C1(C)CC1(Cl)Cl. The van der Waals surface area contributed by atoms with Gasteiger partial charge in [-0.25, -0.2) is 4.68 Å². The molecule has 0 bridgehead atoms. The molecular weight excluding hydrogens is 273 g/mol. The molecule has 0 saturated heterocycles. The van der Waals surface area contributed by atoms with Gasteiger partial charge in [-0.15, -0.1) is 23.2 Å². The lowest BCUT2D eigenvalue weighted by Gasteiger charge is -2.14. The number of carbonyl (C=O) groups is 1. The highest BCUT2D eigenvalue weighted by Gasteiger charge is 2.68. The van der Waals surface area contributed by atoms with Gasteiger partial charge in [-0.1, -0.05) is 13.8 Å². The van der Waals surface area contributed by atoms with Crippen molar-refractivity contribution in [3.05, 3.63) is 12.3 Å². The first-order chi connectivity index (χ1) is 8.26. The van der Waals surface area contributed by atoms with Gasteiger partial charge in [-0.05, 0) is 19.3 Å². The van der Waals surface area contributed by atoms with Gasteiger partial charge >= 0.3 is 0 Å². The van der Waals surface area contributed by atoms with Crippen molar-refractivity contribution >= 4 is 34.9 Å². The Morgan fingerprint density at radius 3 is 2.72 bits per heavy atom. The predicted molar refractivity (Wildman–Crippen MR) is 72.9 cm³/mol. The molecule has 1 fully saturated rings. The highest BCUT2D eigenvalue weighted by molar-refractivity contribution is 6.53. The number of nitrogens with one attached hydrogen (secondary N) is 1. The van der Waals surface area contributed by atoms with Gasteiger partial charge < -0.3 is 5.32 Å². The Kier molecular flexibility index (Phi) is 3.36. The van der Waals surface area contributed by atoms with Crippen LogP contribution in [-0.2, 0) is 11.3 Å². The molecule has 1 saturated carbocycles. The molecule has 0 radical (unpaired) electrons. The third-order valence-corrected chi connectivity index (χ3v) is 4.36. The Bertz CT molecular complexity index is 470. The van der Waals surface area contributed by atoms with Gasteiger partial charge in [0, 0.05) is 12.6 Å². The van der Waals surface area contributed by atoms with E-state index in [2.05, 4.69) is 24.3 Å². The van der Waals surface area contributed by atoms with Crippen molar-refractivity contribution in [2.45, 2.75) is 38.1 Å². The van der Waals surface area contributed by atoms with E-state index in [1.165, 1.54) is 0 Å². The van der Waals surface area contributed by atoms with Crippen molar-refractivity contribution in [3.8, 4) is 0 Å². The largest absolute Gasteiger partial charge is 0.310 e. The second-order valence-corrected chi connectivity index (χ2v) is 6.94. The number of aromatic nitrogens is 2. The molecule has 1 aliphatic carbocycles. The minimum Gasteiger partial charge on any atom is -0.310 e. The molecule has 0 aromatic carbocycles. The molecule has 0 aliphatic heterocycles. The minimum atomic E-state index is -0.944. The van der Waals surface area contributed by atoms with Crippen molar-refractivity contribution < 1.29 is 4.79 Å². The molecule has 2 rings (SSSR count). The summed E-state index contributed by atoms with van der Waals surface area (Å²) in [5, 5.41) is 7.03. The summed E-state index contributed by atoms with van der Waals surface area (Å²) in [7, 11) is 0. The van der Waals surface area contributed by atoms with Crippen LogP contribution in [0.3, 0.4) is 0 Å². The number of hydrogen-bond donors (Lipinski definition) is 1. The van der Waals surface area contributed by atoms with Crippen LogP contribution in [0.15, 0.2) is 12.3 Å². The number of nitrogens with zero attached hydrogens (tertiary/aromatic N) is 2. The highest BCUT2D eigenvalue weighted by Crippen LogP contribution is 2.64. The molecule has 1 atom stereocenters. The first kappa shape index (κ1) is 13.7. The lowest BCUT2D eigenvalue weighted by molar-refractivity contribution is -0.120. The first-order valence-corrected chi connectivity index (χ1v) is 6.73. The Hall–Kier alpha value is -0.740. The van der Waals surface area contributed by atoms with Crippen LogP contribution in [0.25, 0.3) is 0 Å². The summed E-state index contributed by atoms with van der Waals surface area (Å²) in [4.78, 5) is 12.1. The van der Waals surface area contributed by atoms with Crippen molar-refractivity contribution in [1.29, 1.82) is 0 Å². The maximum atomic E-state index is 12.1. The Balaban J connectivity index is 2.07. The van der Waals surface area contributed by atoms with E-state index in [1.54, 1.807) is 23.9 Å². The number of anilines is 1. The molecule has 4 nitrogen and oxygen atoms in total. The Morgan fingerprint density at radius 1 is 1.61 bits per heavy atom. The van der Waals surface area contributed by atoms with Crippen molar-refractivity contribution in [2.75, 3.05) is 5.32 Å². The van der Waals surface area contributed by atoms with Gasteiger partial charge in [0.15, 0.2) is 0 Å². The van der Waals surface area contributed by atoms with Crippen LogP contribution in [0.4, 0.5) is 5.82 Å². The predicted octanol–water partition coefficient (Wildman–Crippen LogP) is 3.06. The summed E-state index contributed by atoms with van der Waals surface area (Å²) in [5.41, 5.74) is -0.705. The maximum absolute atomic E-state index is 12.1. The molecule has 0 spiro atoms. The number of amides is 1. The van der Waals surface area contributed by atoms with Crippen molar-refractivity contribution in [1.82, 2.24) is 9.78 Å². The summed E-state index contributed by atoms with van der Waals surface area (Å²) >= 11 is 12.0. The zero-order chi connectivity index (χ0) is 13.6. The van der Waals surface area contributed by atoms with Gasteiger partial charge in [0.05, 0.1) is 11.6 Å². The summed E-state index contributed by atoms with van der Waals surface area (Å²) < 4.78 is 0.832. The van der Waals surface area contributed by atoms with Crippen LogP contribution >= 0.6 is 23.2 Å². The van der Waals surface area contributed by atoms with Gasteiger partial charge in [0.25, 0.3) is 0 Å². The molecule has 1 N–H and O–H groups in total. The van der Waals surface area contributed by atoms with E-state index in [0.29, 0.717) is 18.2 Å². The number of halogens is 2. The van der Waals surface area contributed by atoms with Crippen LogP contribution in [-0.4, -0.2) is 20.0 Å². The quantitative estimate of drug-likeness (QED) is 0.866. The topological polar surface area (TPSA) is 46.9 Å². The molecule has 1 aromatic rings. The number of carbonyl (C=O) groups excluding carboxylic acids is 1. The van der Waals surface area contributed by atoms with E-state index in [0.717, 1.165) is 6.54 Å². The summed E-state index contributed by atoms with van der Waals surface area (Å²) in [5.74, 6) is 0.987. The fourth-order valence-corrected chi connectivity index (χ4v) is 2.54. The van der Waals surface area contributed by atoms with E-state index < -0.39 is 9.75 Å². The zero-order valence-corrected chi connectivity index (χ0v) is 12.2. The average Bonchev–Trinajstić information content (AvgIpc) is 2.56. The normalized spacial score (nSPS) is 25.2. The van der Waals surface area contributed by atoms with E-state index >= 15 is 0 Å². The lowest BCUT2D eigenvalue weighted by atomic mass is 10.1. The fourth-order valence-electron chi connectivity index (χ4n) is 1.83. The maximum Gasteiger partial charge on any atom is 0.234 e. The second kappa shape index (κ2) is 4.42. The van der Waals surface area contributed by atoms with Crippen LogP contribution in [0, 0.1) is 11.3 Å². The smallest absolute Gasteiger partial charge is 0.234 e. The van der Waals surface area contributed by atoms with E-state index in [1.807, 2.05) is 0 Å². The highest BCUT2D eigenvalue weighted by atomic mass is 35.5. The fraction of sp³-hybridized carbons (Fsp3) is 0.667. The van der Waals surface area contributed by atoms with Gasteiger partial charge in [-0.2, -0.15) is 5.10 Å². The summed E-state index contributed by atoms with van der Waals surface area (Å²) in [6, 6.07) is 1.77. The number of alkyl halides is 2. The van der Waals surface area contributed by atoms with Gasteiger partial charge in [-0.3, -0.25) is 4.79 Å². The monoisotopic (exact) mass is 289 g/mol. The minimum absolute atomic E-state index is 0.155. The molecule has 1 amide bonds. The van der Waals surface area contributed by atoms with Gasteiger partial charge in [0.1, 0.15) is 10.2 Å². The molecule has 6 heteroatoms. The molecule has 1 heterocycles. The van der Waals surface area contributed by atoms with Gasteiger partial charge in [0.2, 0.25) is 5.91 Å². The molecular formula is C12H17Cl2N3O. The second-order valence-electron chi connectivity index (χ2n) is 5.46. The number of hydrogen-bond acceptors (Lipinski definition) is 2. The standard InChI is InChI=1S/C12H17Cl2N3O/c1-8(2)6-17-9(4-5-15-17)16-10(18)11(3)7-12(11,13)14/h4-5,8H,6-7H2,1-3H3,(H,16,18). The average molecular weight is 290 g/mol. The van der Waals surface area contributed by atoms with E-state index in [9.17, 15) is 4.79 Å². The molecule has 1 aromatic heterocycles. The van der Waals surface area contributed by atoms with Crippen molar-refractivity contribution in [2.24, 2.45) is 11.3 Å². The number of rotatable bonds is 4. The van der Waals surface area contributed by atoms with E-state index in [4.69, 9.17) is 23.2 Å². The molecule has 1 aliphatic rings. The Morgan fingerprint density at radius 2 is 2.22 bits per heavy atom. The van der Waals surface area contributed by atoms with Crippen LogP contribution in [0.1, 0.15) is 27.2 Å². The molecule has 18 heavy (non-hydrogen) atoms. The van der Waals surface area contributed by atoms with Crippen LogP contribution < -0.4 is 5.32 Å². The van der Waals surface area contributed by atoms with Crippen molar-refractivity contribution in [3.63, 3.8) is 0 Å². The zero-order valence-electron chi connectivity index (χ0n) is 10.7. The van der Waals surface area contributed by atoms with Crippen LogP contribution in [0.5, 0.6) is 0 Å². The lowest BCUT2D eigenvalue weighted by Crippen LogP contribution is -2.27. The summed E-state index contributed by atoms with van der Waals surface area (Å²) in [6.45, 7) is 6.72. The third kappa shape index (κ3) is 2.36.